The van der Waals surface area contributed by atoms with Crippen LogP contribution in [0.25, 0.3) is 11.4 Å². The van der Waals surface area contributed by atoms with Gasteiger partial charge in [-0.3, -0.25) is 4.57 Å². The smallest absolute Gasteiger partial charge is 0.294 e. The van der Waals surface area contributed by atoms with Gasteiger partial charge in [0.05, 0.1) is 0 Å². The summed E-state index contributed by atoms with van der Waals surface area (Å²) in [6.45, 7) is 0. The van der Waals surface area contributed by atoms with Crippen LogP contribution in [0, 0.1) is 11.6 Å². The maximum absolute atomic E-state index is 13.3. The van der Waals surface area contributed by atoms with Crippen molar-refractivity contribution in [3.8, 4) is 11.4 Å². The highest BCUT2D eigenvalue weighted by Crippen LogP contribution is 2.40. The van der Waals surface area contributed by atoms with Crippen molar-refractivity contribution in [2.24, 2.45) is 0 Å². The van der Waals surface area contributed by atoms with E-state index in [2.05, 4.69) is 10.2 Å². The van der Waals surface area contributed by atoms with Crippen LogP contribution in [0.4, 0.5) is 8.78 Å². The second kappa shape index (κ2) is 4.49. The molecule has 3 rings (SSSR count). The van der Waals surface area contributed by atoms with E-state index in [9.17, 15) is 17.2 Å². The first-order chi connectivity index (χ1) is 9.38. The lowest BCUT2D eigenvalue weighted by Crippen LogP contribution is -2.06. The van der Waals surface area contributed by atoms with Gasteiger partial charge in [-0.1, -0.05) is 0 Å². The average molecular weight is 320 g/mol. The zero-order valence-electron chi connectivity index (χ0n) is 9.92. The summed E-state index contributed by atoms with van der Waals surface area (Å²) in [6, 6.07) is 3.12. The van der Waals surface area contributed by atoms with Gasteiger partial charge in [0.15, 0.2) is 17.5 Å². The summed E-state index contributed by atoms with van der Waals surface area (Å²) in [7, 11) is 1.26. The maximum atomic E-state index is 13.3. The summed E-state index contributed by atoms with van der Waals surface area (Å²) < 4.78 is 50.5. The molecule has 0 bridgehead atoms. The van der Waals surface area contributed by atoms with Crippen LogP contribution in [0.2, 0.25) is 0 Å². The molecule has 1 heterocycles. The Morgan fingerprint density at radius 2 is 1.90 bits per heavy atom. The largest absolute Gasteiger partial charge is 0.296 e. The molecule has 2 aromatic rings. The first-order valence-corrected chi connectivity index (χ1v) is 8.04. The third-order valence-corrected chi connectivity index (χ3v) is 4.10. The van der Waals surface area contributed by atoms with Gasteiger partial charge >= 0.3 is 0 Å². The molecule has 106 valence electrons. The van der Waals surface area contributed by atoms with Gasteiger partial charge in [-0.25, -0.2) is 17.2 Å². The molecule has 1 saturated carbocycles. The van der Waals surface area contributed by atoms with E-state index in [1.54, 1.807) is 0 Å². The molecule has 0 unspecified atom stereocenters. The second-order valence-corrected chi connectivity index (χ2v) is 6.93. The molecule has 5 nitrogen and oxygen atoms in total. The number of benzene rings is 1. The minimum atomic E-state index is -4.05. The van der Waals surface area contributed by atoms with Crippen LogP contribution >= 0.6 is 10.7 Å². The Morgan fingerprint density at radius 3 is 2.45 bits per heavy atom. The zero-order chi connectivity index (χ0) is 14.5. The molecule has 0 N–H and O–H groups in total. The van der Waals surface area contributed by atoms with Crippen molar-refractivity contribution in [2.45, 2.75) is 24.0 Å². The fourth-order valence-corrected chi connectivity index (χ4v) is 2.86. The lowest BCUT2D eigenvalue weighted by molar-refractivity contribution is 0.509. The van der Waals surface area contributed by atoms with Crippen LogP contribution in [0.1, 0.15) is 18.9 Å². The number of nitrogens with zero attached hydrogens (tertiary/aromatic N) is 3. The van der Waals surface area contributed by atoms with E-state index in [1.807, 2.05) is 0 Å². The monoisotopic (exact) mass is 319 g/mol. The highest BCUT2D eigenvalue weighted by molar-refractivity contribution is 8.13. The molecule has 1 aromatic heterocycles. The Morgan fingerprint density at radius 1 is 1.20 bits per heavy atom. The van der Waals surface area contributed by atoms with E-state index in [-0.39, 0.29) is 22.6 Å². The molecule has 9 heteroatoms. The third-order valence-electron chi connectivity index (χ3n) is 2.97. The number of rotatable bonds is 3. The average Bonchev–Trinajstić information content (AvgIpc) is 3.10. The first kappa shape index (κ1) is 13.4. The molecule has 1 fully saturated rings. The van der Waals surface area contributed by atoms with Crippen molar-refractivity contribution in [1.82, 2.24) is 14.8 Å². The molecule has 0 radical (unpaired) electrons. The lowest BCUT2D eigenvalue weighted by atomic mass is 10.2. The summed E-state index contributed by atoms with van der Waals surface area (Å²) >= 11 is 0. The van der Waals surface area contributed by atoms with Crippen LogP contribution in [-0.2, 0) is 9.05 Å². The molecule has 0 amide bonds. The van der Waals surface area contributed by atoms with Gasteiger partial charge in [-0.05, 0) is 31.0 Å². The SMILES string of the molecule is O=S(=O)(Cl)c1nnc(-c2ccc(F)c(F)c2)n1C1CC1. The molecular formula is C11H8ClF2N3O2S. The standard InChI is InChI=1S/C11H8ClF2N3O2S/c12-20(18,19)11-16-15-10(17(11)7-2-3-7)6-1-4-8(13)9(14)5-6/h1,4-5,7H,2-3H2. The summed E-state index contributed by atoms with van der Waals surface area (Å²) in [5.74, 6) is -1.87. The van der Waals surface area contributed by atoms with Crippen LogP contribution < -0.4 is 0 Å². The molecule has 1 aliphatic rings. The first-order valence-electron chi connectivity index (χ1n) is 5.73. The fourth-order valence-electron chi connectivity index (χ4n) is 1.94. The Labute approximate surface area is 117 Å². The van der Waals surface area contributed by atoms with E-state index >= 15 is 0 Å². The van der Waals surface area contributed by atoms with E-state index < -0.39 is 20.7 Å². The van der Waals surface area contributed by atoms with Crippen LogP contribution in [0.5, 0.6) is 0 Å². The molecule has 0 atom stereocenters. The molecular weight excluding hydrogens is 312 g/mol. The normalized spacial score (nSPS) is 15.6. The molecule has 0 aliphatic heterocycles. The highest BCUT2D eigenvalue weighted by Gasteiger charge is 2.34. The van der Waals surface area contributed by atoms with Crippen molar-refractivity contribution in [3.63, 3.8) is 0 Å². The van der Waals surface area contributed by atoms with Crippen molar-refractivity contribution < 1.29 is 17.2 Å². The lowest BCUT2D eigenvalue weighted by Gasteiger charge is -2.07. The van der Waals surface area contributed by atoms with Crippen LogP contribution in [0.15, 0.2) is 23.4 Å². The third kappa shape index (κ3) is 2.29. The Bertz CT molecular complexity index is 787. The molecule has 1 aliphatic carbocycles. The second-order valence-electron chi connectivity index (χ2n) is 4.47. The Kier molecular flexibility index (Phi) is 3.02. The predicted octanol–water partition coefficient (Wildman–Crippen LogP) is 2.49. The van der Waals surface area contributed by atoms with Gasteiger partial charge in [0.2, 0.25) is 0 Å². The topological polar surface area (TPSA) is 64.8 Å². The fraction of sp³-hybridized carbons (Fsp3) is 0.273. The minimum absolute atomic E-state index is 0.0864. The number of hydrogen-bond donors (Lipinski definition) is 0. The van der Waals surface area contributed by atoms with Crippen LogP contribution in [-0.4, -0.2) is 23.2 Å². The van der Waals surface area contributed by atoms with Crippen LogP contribution in [0.3, 0.4) is 0 Å². The Hall–Kier alpha value is -1.54. The van der Waals surface area contributed by atoms with Gasteiger partial charge < -0.3 is 0 Å². The number of halogens is 3. The predicted molar refractivity (Wildman–Crippen MR) is 66.7 cm³/mol. The highest BCUT2D eigenvalue weighted by atomic mass is 35.7. The molecule has 1 aromatic carbocycles. The van der Waals surface area contributed by atoms with Gasteiger partial charge in [0.1, 0.15) is 0 Å². The van der Waals surface area contributed by atoms with Gasteiger partial charge in [0.25, 0.3) is 14.2 Å². The van der Waals surface area contributed by atoms with E-state index in [0.29, 0.717) is 0 Å². The number of aromatic nitrogens is 3. The molecule has 0 saturated heterocycles. The minimum Gasteiger partial charge on any atom is -0.294 e. The van der Waals surface area contributed by atoms with Gasteiger partial charge in [-0.2, -0.15) is 0 Å². The van der Waals surface area contributed by atoms with Gasteiger partial charge in [-0.15, -0.1) is 10.2 Å². The number of hydrogen-bond acceptors (Lipinski definition) is 4. The quantitative estimate of drug-likeness (QED) is 0.815. The summed E-state index contributed by atoms with van der Waals surface area (Å²) in [6.07, 6.45) is 1.52. The van der Waals surface area contributed by atoms with E-state index in [0.717, 1.165) is 25.0 Å². The van der Waals surface area contributed by atoms with Gasteiger partial charge in [0, 0.05) is 22.3 Å². The van der Waals surface area contributed by atoms with Crippen molar-refractivity contribution in [2.75, 3.05) is 0 Å². The summed E-state index contributed by atoms with van der Waals surface area (Å²) in [4.78, 5) is 0. The van der Waals surface area contributed by atoms with Crippen molar-refractivity contribution in [1.29, 1.82) is 0 Å². The maximum Gasteiger partial charge on any atom is 0.296 e. The zero-order valence-corrected chi connectivity index (χ0v) is 11.5. The van der Waals surface area contributed by atoms with E-state index in [1.165, 1.54) is 10.6 Å². The summed E-state index contributed by atoms with van der Waals surface area (Å²) in [5.41, 5.74) is 0.245. The summed E-state index contributed by atoms with van der Waals surface area (Å²) in [5, 5.41) is 6.93. The van der Waals surface area contributed by atoms with Crippen molar-refractivity contribution >= 4 is 19.7 Å². The molecule has 0 spiro atoms. The Balaban J connectivity index is 2.19. The molecule has 20 heavy (non-hydrogen) atoms. The van der Waals surface area contributed by atoms with E-state index in [4.69, 9.17) is 10.7 Å². The van der Waals surface area contributed by atoms with Crippen molar-refractivity contribution in [3.05, 3.63) is 29.8 Å².